The molecular weight excluding hydrogens is 234 g/mol. The van der Waals surface area contributed by atoms with Crippen molar-refractivity contribution in [3.8, 4) is 0 Å². The Morgan fingerprint density at radius 1 is 1.21 bits per heavy atom. The van der Waals surface area contributed by atoms with Gasteiger partial charge >= 0.3 is 0 Å². The molecule has 1 aromatic heterocycles. The fourth-order valence-electron chi connectivity index (χ4n) is 5.57. The number of hydrogen-bond acceptors (Lipinski definition) is 2. The van der Waals surface area contributed by atoms with Crippen molar-refractivity contribution in [3.63, 3.8) is 0 Å². The monoisotopic (exact) mass is 259 g/mol. The van der Waals surface area contributed by atoms with Gasteiger partial charge in [-0.2, -0.15) is 0 Å². The molecule has 0 amide bonds. The van der Waals surface area contributed by atoms with E-state index < -0.39 is 0 Å². The minimum atomic E-state index is 0.436. The predicted molar refractivity (Wildman–Crippen MR) is 76.0 cm³/mol. The zero-order valence-corrected chi connectivity index (χ0v) is 11.9. The van der Waals surface area contributed by atoms with Gasteiger partial charge in [0.1, 0.15) is 5.82 Å². The van der Waals surface area contributed by atoms with Gasteiger partial charge in [-0.05, 0) is 63.3 Å². The predicted octanol–water partition coefficient (Wildman–Crippen LogP) is 2.57. The van der Waals surface area contributed by atoms with Gasteiger partial charge in [0.25, 0.3) is 0 Å². The maximum absolute atomic E-state index is 4.79. The molecule has 19 heavy (non-hydrogen) atoms. The van der Waals surface area contributed by atoms with Crippen molar-refractivity contribution in [2.45, 2.75) is 50.5 Å². The summed E-state index contributed by atoms with van der Waals surface area (Å²) in [6.45, 7) is 2.10. The van der Waals surface area contributed by atoms with Crippen molar-refractivity contribution in [2.24, 2.45) is 17.8 Å². The summed E-state index contributed by atoms with van der Waals surface area (Å²) in [5, 5.41) is 3.26. The van der Waals surface area contributed by atoms with E-state index in [0.717, 1.165) is 30.8 Å². The fourth-order valence-corrected chi connectivity index (χ4v) is 5.57. The van der Waals surface area contributed by atoms with E-state index in [9.17, 15) is 0 Å². The van der Waals surface area contributed by atoms with E-state index in [0.29, 0.717) is 5.41 Å². The molecule has 0 unspecified atom stereocenters. The topological polar surface area (TPSA) is 29.9 Å². The normalized spacial score (nSPS) is 39.9. The third-order valence-electron chi connectivity index (χ3n) is 5.83. The third kappa shape index (κ3) is 1.85. The van der Waals surface area contributed by atoms with Crippen LogP contribution in [0.2, 0.25) is 0 Å². The molecule has 4 saturated carbocycles. The van der Waals surface area contributed by atoms with Gasteiger partial charge in [-0.15, -0.1) is 0 Å². The number of imidazole rings is 1. The molecule has 0 atom stereocenters. The molecule has 4 aliphatic rings. The summed E-state index contributed by atoms with van der Waals surface area (Å²) in [7, 11) is 2.03. The van der Waals surface area contributed by atoms with Gasteiger partial charge < -0.3 is 9.88 Å². The standard InChI is InChI=1S/C16H25N3/c1-17-2-4-19-5-3-18-15(19)16-9-12-6-13(10-16)8-14(7-12)11-16/h3,5,12-14,17H,2,4,6-11H2,1H3. The highest BCUT2D eigenvalue weighted by Gasteiger charge is 2.53. The van der Waals surface area contributed by atoms with Crippen molar-refractivity contribution in [1.29, 1.82) is 0 Å². The number of likely N-dealkylation sites (N-methyl/N-ethyl adjacent to an activating group) is 1. The maximum Gasteiger partial charge on any atom is 0.114 e. The first kappa shape index (κ1) is 12.0. The molecular formula is C16H25N3. The van der Waals surface area contributed by atoms with E-state index in [2.05, 4.69) is 16.1 Å². The molecule has 0 aromatic carbocycles. The Hall–Kier alpha value is -0.830. The van der Waals surface area contributed by atoms with Crippen LogP contribution in [0.5, 0.6) is 0 Å². The Labute approximate surface area is 115 Å². The lowest BCUT2D eigenvalue weighted by Crippen LogP contribution is -2.49. The van der Waals surface area contributed by atoms with Crippen LogP contribution in [0.4, 0.5) is 0 Å². The number of nitrogens with zero attached hydrogens (tertiary/aromatic N) is 2. The van der Waals surface area contributed by atoms with Gasteiger partial charge in [0.05, 0.1) is 0 Å². The number of nitrogens with one attached hydrogen (secondary N) is 1. The average Bonchev–Trinajstić information content (AvgIpc) is 2.83. The summed E-state index contributed by atoms with van der Waals surface area (Å²) in [6, 6.07) is 0. The lowest BCUT2D eigenvalue weighted by Gasteiger charge is -2.56. The Balaban J connectivity index is 1.66. The smallest absolute Gasteiger partial charge is 0.114 e. The molecule has 1 aromatic rings. The van der Waals surface area contributed by atoms with E-state index in [1.54, 1.807) is 0 Å². The van der Waals surface area contributed by atoms with Crippen LogP contribution in [-0.2, 0) is 12.0 Å². The summed E-state index contributed by atoms with van der Waals surface area (Å²) in [6.07, 6.45) is 13.0. The maximum atomic E-state index is 4.79. The summed E-state index contributed by atoms with van der Waals surface area (Å²) in [5.41, 5.74) is 0.436. The Morgan fingerprint density at radius 2 is 1.84 bits per heavy atom. The second kappa shape index (κ2) is 4.34. The lowest BCUT2D eigenvalue weighted by atomic mass is 9.49. The van der Waals surface area contributed by atoms with Crippen LogP contribution in [0.1, 0.15) is 44.3 Å². The molecule has 4 fully saturated rings. The second-order valence-corrected chi connectivity index (χ2v) is 7.25. The quantitative estimate of drug-likeness (QED) is 0.900. The van der Waals surface area contributed by atoms with Gasteiger partial charge in [0, 0.05) is 30.9 Å². The van der Waals surface area contributed by atoms with Crippen molar-refractivity contribution in [1.82, 2.24) is 14.9 Å². The molecule has 0 spiro atoms. The Kier molecular flexibility index (Phi) is 2.73. The molecule has 5 rings (SSSR count). The van der Waals surface area contributed by atoms with Gasteiger partial charge in [-0.3, -0.25) is 0 Å². The molecule has 1 N–H and O–H groups in total. The van der Waals surface area contributed by atoms with Crippen LogP contribution < -0.4 is 5.32 Å². The van der Waals surface area contributed by atoms with Crippen LogP contribution in [0.15, 0.2) is 12.4 Å². The van der Waals surface area contributed by atoms with Crippen molar-refractivity contribution in [2.75, 3.05) is 13.6 Å². The summed E-state index contributed by atoms with van der Waals surface area (Å²) >= 11 is 0. The molecule has 104 valence electrons. The van der Waals surface area contributed by atoms with Crippen LogP contribution in [-0.4, -0.2) is 23.1 Å². The van der Waals surface area contributed by atoms with Gasteiger partial charge in [-0.1, -0.05) is 0 Å². The Bertz CT molecular complexity index is 427. The zero-order chi connectivity index (χ0) is 12.9. The molecule has 4 aliphatic carbocycles. The van der Waals surface area contributed by atoms with Gasteiger partial charge in [-0.25, -0.2) is 4.98 Å². The van der Waals surface area contributed by atoms with E-state index in [4.69, 9.17) is 4.98 Å². The highest BCUT2D eigenvalue weighted by Crippen LogP contribution is 2.60. The van der Waals surface area contributed by atoms with Crippen LogP contribution >= 0.6 is 0 Å². The first-order valence-corrected chi connectivity index (χ1v) is 7.95. The largest absolute Gasteiger partial charge is 0.333 e. The van der Waals surface area contributed by atoms with Crippen molar-refractivity contribution in [3.05, 3.63) is 18.2 Å². The molecule has 3 heteroatoms. The number of rotatable bonds is 4. The van der Waals surface area contributed by atoms with Crippen LogP contribution in [0.25, 0.3) is 0 Å². The SMILES string of the molecule is CNCCn1ccnc1C12CC3CC(CC(C3)C1)C2. The van der Waals surface area contributed by atoms with Crippen LogP contribution in [0, 0.1) is 17.8 Å². The van der Waals surface area contributed by atoms with E-state index in [1.165, 1.54) is 44.3 Å². The van der Waals surface area contributed by atoms with E-state index >= 15 is 0 Å². The van der Waals surface area contributed by atoms with Crippen molar-refractivity contribution >= 4 is 0 Å². The van der Waals surface area contributed by atoms with E-state index in [1.807, 2.05) is 13.2 Å². The summed E-state index contributed by atoms with van der Waals surface area (Å²) in [5.74, 6) is 4.41. The van der Waals surface area contributed by atoms with Crippen LogP contribution in [0.3, 0.4) is 0 Å². The molecule has 0 saturated heterocycles. The molecule has 1 heterocycles. The Morgan fingerprint density at radius 3 is 2.42 bits per heavy atom. The molecule has 0 radical (unpaired) electrons. The zero-order valence-electron chi connectivity index (χ0n) is 11.9. The van der Waals surface area contributed by atoms with Crippen molar-refractivity contribution < 1.29 is 0 Å². The summed E-state index contributed by atoms with van der Waals surface area (Å²) in [4.78, 5) is 4.79. The average molecular weight is 259 g/mol. The molecule has 0 aliphatic heterocycles. The highest BCUT2D eigenvalue weighted by molar-refractivity contribution is 5.18. The molecule has 4 bridgehead atoms. The molecule has 3 nitrogen and oxygen atoms in total. The van der Waals surface area contributed by atoms with Gasteiger partial charge in [0.15, 0.2) is 0 Å². The third-order valence-corrected chi connectivity index (χ3v) is 5.83. The highest BCUT2D eigenvalue weighted by atomic mass is 15.1. The second-order valence-electron chi connectivity index (χ2n) is 7.25. The fraction of sp³-hybridized carbons (Fsp3) is 0.812. The number of aromatic nitrogens is 2. The minimum absolute atomic E-state index is 0.436. The first-order valence-electron chi connectivity index (χ1n) is 7.95. The minimum Gasteiger partial charge on any atom is -0.333 e. The lowest BCUT2D eigenvalue weighted by molar-refractivity contribution is -0.0109. The summed E-state index contributed by atoms with van der Waals surface area (Å²) < 4.78 is 2.42. The number of hydrogen-bond donors (Lipinski definition) is 1. The van der Waals surface area contributed by atoms with E-state index in [-0.39, 0.29) is 0 Å². The first-order chi connectivity index (χ1) is 9.29. The van der Waals surface area contributed by atoms with Gasteiger partial charge in [0.2, 0.25) is 0 Å².